The smallest absolute Gasteiger partial charge is 0.299 e. The van der Waals surface area contributed by atoms with Crippen molar-refractivity contribution in [3.63, 3.8) is 0 Å². The minimum atomic E-state index is -4.53. The molecule has 0 unspecified atom stereocenters. The fraction of sp³-hybridized carbons (Fsp3) is 0.154. The number of aromatic nitrogens is 3. The first-order valence-corrected chi connectivity index (χ1v) is 6.11. The SMILES string of the molecule is C=C(NNC(=O)Cn1ccc(C(F)(F)F)n1)c1cccnc1. The fourth-order valence-electron chi connectivity index (χ4n) is 1.55. The quantitative estimate of drug-likeness (QED) is 0.823. The van der Waals surface area contributed by atoms with Crippen molar-refractivity contribution in [2.75, 3.05) is 0 Å². The summed E-state index contributed by atoms with van der Waals surface area (Å²) in [5.74, 6) is -0.568. The lowest BCUT2D eigenvalue weighted by molar-refractivity contribution is -0.141. The zero-order valence-corrected chi connectivity index (χ0v) is 11.3. The molecule has 0 bridgehead atoms. The molecule has 0 aliphatic carbocycles. The van der Waals surface area contributed by atoms with Gasteiger partial charge in [-0.2, -0.15) is 18.3 Å². The Morgan fingerprint density at radius 2 is 2.09 bits per heavy atom. The van der Waals surface area contributed by atoms with Gasteiger partial charge in [-0.15, -0.1) is 0 Å². The summed E-state index contributed by atoms with van der Waals surface area (Å²) in [5, 5.41) is 3.28. The Morgan fingerprint density at radius 1 is 1.32 bits per heavy atom. The molecule has 0 atom stereocenters. The number of hydrogen-bond acceptors (Lipinski definition) is 4. The van der Waals surface area contributed by atoms with Crippen molar-refractivity contribution in [1.29, 1.82) is 0 Å². The lowest BCUT2D eigenvalue weighted by Gasteiger charge is -2.10. The fourth-order valence-corrected chi connectivity index (χ4v) is 1.55. The summed E-state index contributed by atoms with van der Waals surface area (Å²) in [7, 11) is 0. The normalized spacial score (nSPS) is 11.0. The largest absolute Gasteiger partial charge is 0.435 e. The van der Waals surface area contributed by atoms with Crippen LogP contribution in [0.3, 0.4) is 0 Å². The first kappa shape index (κ1) is 15.5. The van der Waals surface area contributed by atoms with E-state index in [-0.39, 0.29) is 6.54 Å². The van der Waals surface area contributed by atoms with Gasteiger partial charge in [0, 0.05) is 24.2 Å². The maximum atomic E-state index is 12.4. The molecule has 9 heteroatoms. The number of alkyl halides is 3. The zero-order valence-electron chi connectivity index (χ0n) is 11.3. The van der Waals surface area contributed by atoms with Gasteiger partial charge in [-0.25, -0.2) is 0 Å². The Morgan fingerprint density at radius 3 is 2.68 bits per heavy atom. The summed E-state index contributed by atoms with van der Waals surface area (Å²) in [6.45, 7) is 3.35. The number of rotatable bonds is 5. The molecule has 2 rings (SSSR count). The van der Waals surface area contributed by atoms with Gasteiger partial charge in [0.15, 0.2) is 5.69 Å². The highest BCUT2D eigenvalue weighted by Crippen LogP contribution is 2.27. The second-order valence-electron chi connectivity index (χ2n) is 4.29. The minimum Gasteiger partial charge on any atom is -0.299 e. The van der Waals surface area contributed by atoms with Crippen LogP contribution >= 0.6 is 0 Å². The Hall–Kier alpha value is -2.84. The second kappa shape index (κ2) is 6.29. The van der Waals surface area contributed by atoms with Gasteiger partial charge in [-0.3, -0.25) is 25.3 Å². The molecule has 116 valence electrons. The number of pyridine rings is 1. The molecule has 2 aromatic heterocycles. The standard InChI is InChI=1S/C13H12F3N5O/c1-9(10-3-2-5-17-7-10)18-19-12(22)8-21-6-4-11(20-21)13(14,15)16/h2-7,18H,1,8H2,(H,19,22). The van der Waals surface area contributed by atoms with Gasteiger partial charge in [-0.05, 0) is 18.2 Å². The predicted molar refractivity (Wildman–Crippen MR) is 71.8 cm³/mol. The van der Waals surface area contributed by atoms with Gasteiger partial charge in [0.05, 0.1) is 5.70 Å². The summed E-state index contributed by atoms with van der Waals surface area (Å²) in [6.07, 6.45) is -0.317. The molecule has 0 saturated heterocycles. The monoisotopic (exact) mass is 311 g/mol. The van der Waals surface area contributed by atoms with Crippen molar-refractivity contribution in [3.8, 4) is 0 Å². The maximum Gasteiger partial charge on any atom is 0.435 e. The Labute approximate surface area is 123 Å². The van der Waals surface area contributed by atoms with E-state index in [9.17, 15) is 18.0 Å². The molecular formula is C13H12F3N5O. The van der Waals surface area contributed by atoms with Crippen molar-refractivity contribution < 1.29 is 18.0 Å². The number of carbonyl (C=O) groups excluding carboxylic acids is 1. The summed E-state index contributed by atoms with van der Waals surface area (Å²) in [6, 6.07) is 4.24. The molecule has 0 fully saturated rings. The summed E-state index contributed by atoms with van der Waals surface area (Å²) in [5.41, 5.74) is 4.90. The van der Waals surface area contributed by atoms with Crippen LogP contribution in [0, 0.1) is 0 Å². The van der Waals surface area contributed by atoms with Gasteiger partial charge >= 0.3 is 6.18 Å². The molecular weight excluding hydrogens is 299 g/mol. The van der Waals surface area contributed by atoms with Crippen LogP contribution in [0.5, 0.6) is 0 Å². The van der Waals surface area contributed by atoms with E-state index < -0.39 is 17.8 Å². The summed E-state index contributed by atoms with van der Waals surface area (Å²) < 4.78 is 38.0. The average Bonchev–Trinajstić information content (AvgIpc) is 2.94. The third kappa shape index (κ3) is 4.08. The Kier molecular flexibility index (Phi) is 4.44. The molecule has 1 amide bonds. The number of halogens is 3. The number of hydrogen-bond donors (Lipinski definition) is 2. The third-order valence-electron chi connectivity index (χ3n) is 2.60. The molecule has 0 aliphatic heterocycles. The second-order valence-corrected chi connectivity index (χ2v) is 4.29. The van der Waals surface area contributed by atoms with E-state index in [2.05, 4.69) is 27.5 Å². The molecule has 22 heavy (non-hydrogen) atoms. The van der Waals surface area contributed by atoms with Gasteiger partial charge in [-0.1, -0.05) is 6.58 Å². The van der Waals surface area contributed by atoms with Crippen LogP contribution in [0.1, 0.15) is 11.3 Å². The van der Waals surface area contributed by atoms with Crippen molar-refractivity contribution in [2.24, 2.45) is 0 Å². The average molecular weight is 311 g/mol. The molecule has 2 heterocycles. The van der Waals surface area contributed by atoms with E-state index in [0.717, 1.165) is 16.9 Å². The number of hydrazine groups is 1. The highest BCUT2D eigenvalue weighted by molar-refractivity contribution is 5.76. The first-order chi connectivity index (χ1) is 10.4. The zero-order chi connectivity index (χ0) is 16.2. The van der Waals surface area contributed by atoms with Crippen LogP contribution in [0.2, 0.25) is 0 Å². The van der Waals surface area contributed by atoms with Crippen molar-refractivity contribution >= 4 is 11.6 Å². The van der Waals surface area contributed by atoms with Crippen LogP contribution in [0.25, 0.3) is 5.70 Å². The lowest BCUT2D eigenvalue weighted by atomic mass is 10.2. The minimum absolute atomic E-state index is 0.358. The highest BCUT2D eigenvalue weighted by atomic mass is 19.4. The van der Waals surface area contributed by atoms with Crippen molar-refractivity contribution in [2.45, 2.75) is 12.7 Å². The van der Waals surface area contributed by atoms with Crippen molar-refractivity contribution in [3.05, 3.63) is 54.6 Å². The van der Waals surface area contributed by atoms with E-state index >= 15 is 0 Å². The van der Waals surface area contributed by atoms with Crippen LogP contribution in [0.15, 0.2) is 43.4 Å². The number of nitrogens with one attached hydrogen (secondary N) is 2. The van der Waals surface area contributed by atoms with Gasteiger partial charge in [0.2, 0.25) is 0 Å². The molecule has 0 aliphatic rings. The van der Waals surface area contributed by atoms with Crippen LogP contribution in [0.4, 0.5) is 13.2 Å². The highest BCUT2D eigenvalue weighted by Gasteiger charge is 2.33. The van der Waals surface area contributed by atoms with Crippen LogP contribution < -0.4 is 10.9 Å². The molecule has 0 spiro atoms. The molecule has 2 aromatic rings. The van der Waals surface area contributed by atoms with E-state index in [4.69, 9.17) is 0 Å². The molecule has 0 aromatic carbocycles. The molecule has 2 N–H and O–H groups in total. The van der Waals surface area contributed by atoms with Crippen LogP contribution in [-0.2, 0) is 17.5 Å². The third-order valence-corrected chi connectivity index (χ3v) is 2.60. The molecule has 0 radical (unpaired) electrons. The predicted octanol–water partition coefficient (Wildman–Crippen LogP) is 1.59. The van der Waals surface area contributed by atoms with E-state index in [1.165, 1.54) is 0 Å². The van der Waals surface area contributed by atoms with Crippen LogP contribution in [-0.4, -0.2) is 20.7 Å². The number of carbonyl (C=O) groups is 1. The van der Waals surface area contributed by atoms with Gasteiger partial charge < -0.3 is 0 Å². The van der Waals surface area contributed by atoms with Gasteiger partial charge in [0.25, 0.3) is 5.91 Å². The Bertz CT molecular complexity index is 666. The number of nitrogens with zero attached hydrogens (tertiary/aromatic N) is 3. The lowest BCUT2D eigenvalue weighted by Crippen LogP contribution is -2.38. The first-order valence-electron chi connectivity index (χ1n) is 6.11. The summed E-state index contributed by atoms with van der Waals surface area (Å²) >= 11 is 0. The maximum absolute atomic E-state index is 12.4. The van der Waals surface area contributed by atoms with Gasteiger partial charge in [0.1, 0.15) is 6.54 Å². The molecule has 6 nitrogen and oxygen atoms in total. The van der Waals surface area contributed by atoms with E-state index in [1.807, 2.05) is 0 Å². The van der Waals surface area contributed by atoms with Crippen molar-refractivity contribution in [1.82, 2.24) is 25.6 Å². The Balaban J connectivity index is 1.86. The van der Waals surface area contributed by atoms with E-state index in [0.29, 0.717) is 11.3 Å². The topological polar surface area (TPSA) is 71.8 Å². The molecule has 0 saturated carbocycles. The van der Waals surface area contributed by atoms with E-state index in [1.54, 1.807) is 24.5 Å². The summed E-state index contributed by atoms with van der Waals surface area (Å²) in [4.78, 5) is 15.5. The number of amides is 1.